The highest BCUT2D eigenvalue weighted by Gasteiger charge is 2.25. The first kappa shape index (κ1) is 33.0. The molecule has 2 aromatic carbocycles. The fraction of sp³-hybridized carbons (Fsp3) is 0.417. The van der Waals surface area contributed by atoms with Crippen LogP contribution in [0.1, 0.15) is 20.8 Å². The van der Waals surface area contributed by atoms with Crippen LogP contribution in [0.4, 0.5) is 0 Å². The zero-order valence-corrected chi connectivity index (χ0v) is 25.1. The van der Waals surface area contributed by atoms with Crippen LogP contribution < -0.4 is 9.47 Å². The van der Waals surface area contributed by atoms with Crippen molar-refractivity contribution in [1.82, 2.24) is 0 Å². The van der Waals surface area contributed by atoms with Crippen molar-refractivity contribution >= 4 is 66.4 Å². The normalized spacial score (nSPS) is 13.3. The lowest BCUT2D eigenvalue weighted by molar-refractivity contribution is -0.147. The molecule has 0 heterocycles. The largest absolute Gasteiger partial charge is 0.490 e. The van der Waals surface area contributed by atoms with E-state index in [1.54, 1.807) is 0 Å². The topological polar surface area (TPSA) is 139 Å². The number of benzene rings is 2. The van der Waals surface area contributed by atoms with E-state index in [0.29, 0.717) is 5.75 Å². The van der Waals surface area contributed by atoms with Gasteiger partial charge in [0, 0.05) is 19.6 Å². The Bertz CT molecular complexity index is 1350. The Morgan fingerprint density at radius 1 is 0.821 bits per heavy atom. The monoisotopic (exact) mass is 644 g/mol. The average Bonchev–Trinajstić information content (AvgIpc) is 2.85. The quantitative estimate of drug-likeness (QED) is 0.218. The molecule has 39 heavy (non-hydrogen) atoms. The Hall–Kier alpha value is -2.25. The second-order valence-corrected chi connectivity index (χ2v) is 13.6. The van der Waals surface area contributed by atoms with Crippen molar-refractivity contribution in [2.45, 2.75) is 42.8 Å². The van der Waals surface area contributed by atoms with Crippen molar-refractivity contribution < 1.29 is 45.4 Å². The number of hydrogen-bond donors (Lipinski definition) is 0. The third kappa shape index (κ3) is 10.0. The molecule has 2 aromatic rings. The summed E-state index contributed by atoms with van der Waals surface area (Å²) in [6.07, 6.45) is -1.80. The van der Waals surface area contributed by atoms with Crippen LogP contribution >= 0.6 is 34.8 Å². The third-order valence-electron chi connectivity index (χ3n) is 4.98. The maximum absolute atomic E-state index is 13.2. The van der Waals surface area contributed by atoms with E-state index >= 15 is 0 Å². The van der Waals surface area contributed by atoms with Gasteiger partial charge in [-0.25, -0.2) is 16.8 Å². The Kier molecular flexibility index (Phi) is 12.2. The van der Waals surface area contributed by atoms with Gasteiger partial charge in [0.1, 0.15) is 31.2 Å². The van der Waals surface area contributed by atoms with Gasteiger partial charge in [0.25, 0.3) is 0 Å². The van der Waals surface area contributed by atoms with E-state index in [-0.39, 0.29) is 50.4 Å². The van der Waals surface area contributed by atoms with Crippen LogP contribution in [0.5, 0.6) is 11.5 Å². The molecule has 0 aliphatic heterocycles. The molecule has 0 saturated heterocycles. The summed E-state index contributed by atoms with van der Waals surface area (Å²) in [5.41, 5.74) is 0. The van der Waals surface area contributed by atoms with E-state index in [0.717, 1.165) is 19.1 Å². The van der Waals surface area contributed by atoms with Crippen LogP contribution in [0.25, 0.3) is 0 Å². The van der Waals surface area contributed by atoms with E-state index in [1.807, 2.05) is 0 Å². The van der Waals surface area contributed by atoms with Gasteiger partial charge in [-0.1, -0.05) is 30.1 Å². The molecule has 2 atom stereocenters. The van der Waals surface area contributed by atoms with Crippen molar-refractivity contribution in [2.24, 2.45) is 0 Å². The van der Waals surface area contributed by atoms with Crippen molar-refractivity contribution in [3.8, 4) is 11.5 Å². The van der Waals surface area contributed by atoms with E-state index in [4.69, 9.17) is 53.8 Å². The Morgan fingerprint density at radius 3 is 1.82 bits per heavy atom. The van der Waals surface area contributed by atoms with Crippen molar-refractivity contribution in [2.75, 3.05) is 30.6 Å². The van der Waals surface area contributed by atoms with Crippen LogP contribution in [-0.2, 0) is 38.7 Å². The number of halogens is 3. The molecule has 0 saturated carbocycles. The number of ether oxygens (including phenoxy) is 4. The first-order valence-electron chi connectivity index (χ1n) is 11.4. The lowest BCUT2D eigenvalue weighted by atomic mass is 10.3. The van der Waals surface area contributed by atoms with Crippen LogP contribution in [0.2, 0.25) is 10.0 Å². The molecular weight excluding hydrogens is 619 g/mol. The molecule has 0 spiro atoms. The molecule has 0 aromatic heterocycles. The highest BCUT2D eigenvalue weighted by atomic mass is 35.5. The molecule has 0 amide bonds. The molecule has 0 bridgehead atoms. The lowest BCUT2D eigenvalue weighted by Crippen LogP contribution is -2.32. The Labute approximate surface area is 242 Å². The predicted molar refractivity (Wildman–Crippen MR) is 146 cm³/mol. The van der Waals surface area contributed by atoms with Gasteiger partial charge in [-0.15, -0.1) is 11.6 Å². The summed E-state index contributed by atoms with van der Waals surface area (Å²) in [4.78, 5) is 22.2. The average molecular weight is 646 g/mol. The summed E-state index contributed by atoms with van der Waals surface area (Å²) in [5, 5.41) is -0.308. The summed E-state index contributed by atoms with van der Waals surface area (Å²) >= 11 is 18.3. The fourth-order valence-corrected chi connectivity index (χ4v) is 6.30. The van der Waals surface area contributed by atoms with E-state index in [9.17, 15) is 26.4 Å². The minimum atomic E-state index is -4.06. The summed E-state index contributed by atoms with van der Waals surface area (Å²) in [5.74, 6) is -1.59. The van der Waals surface area contributed by atoms with Crippen LogP contribution in [0.3, 0.4) is 0 Å². The van der Waals surface area contributed by atoms with Gasteiger partial charge in [-0.05, 0) is 36.4 Å². The van der Waals surface area contributed by atoms with Crippen LogP contribution in [0.15, 0.2) is 46.2 Å². The number of hydrogen-bond acceptors (Lipinski definition) is 10. The van der Waals surface area contributed by atoms with Gasteiger partial charge >= 0.3 is 11.9 Å². The van der Waals surface area contributed by atoms with Gasteiger partial charge in [0.15, 0.2) is 15.6 Å². The van der Waals surface area contributed by atoms with Crippen LogP contribution in [-0.4, -0.2) is 71.6 Å². The Balaban J connectivity index is 2.19. The highest BCUT2D eigenvalue weighted by Crippen LogP contribution is 2.37. The standard InChI is InChI=1S/C24H27Cl3O10S2/c1-4-38(30,31)14-19(37-16(3)29)13-35-24-22(26)9-21(10-23(24)27)39(32,33)20-7-5-17(6-8-20)34-12-18(11-25)36-15(2)28/h5-10,18-19H,4,11-14H2,1-3H3. The van der Waals surface area contributed by atoms with Gasteiger partial charge in [0.2, 0.25) is 9.84 Å². The molecule has 2 rings (SSSR count). The molecule has 216 valence electrons. The van der Waals surface area contributed by atoms with E-state index in [1.165, 1.54) is 38.1 Å². The molecule has 10 nitrogen and oxygen atoms in total. The minimum absolute atomic E-state index is 0.0233. The minimum Gasteiger partial charge on any atom is -0.490 e. The van der Waals surface area contributed by atoms with Crippen molar-refractivity contribution in [3.63, 3.8) is 0 Å². The SMILES string of the molecule is CCS(=O)(=O)CC(COc1c(Cl)cc(S(=O)(=O)c2ccc(OCC(CCl)OC(C)=O)cc2)cc1Cl)OC(C)=O. The summed E-state index contributed by atoms with van der Waals surface area (Å²) < 4.78 is 71.3. The molecule has 0 N–H and O–H groups in total. The maximum Gasteiger partial charge on any atom is 0.303 e. The van der Waals surface area contributed by atoms with Crippen LogP contribution in [0, 0.1) is 0 Å². The summed E-state index contributed by atoms with van der Waals surface area (Å²) in [6, 6.07) is 7.75. The smallest absolute Gasteiger partial charge is 0.303 e. The molecule has 0 aliphatic carbocycles. The van der Waals surface area contributed by atoms with Crippen molar-refractivity contribution in [1.29, 1.82) is 0 Å². The number of alkyl halides is 1. The zero-order valence-electron chi connectivity index (χ0n) is 21.2. The summed E-state index contributed by atoms with van der Waals surface area (Å²) in [6.45, 7) is 3.43. The van der Waals surface area contributed by atoms with Gasteiger partial charge < -0.3 is 18.9 Å². The zero-order chi connectivity index (χ0) is 29.4. The number of rotatable bonds is 14. The molecule has 0 fully saturated rings. The maximum atomic E-state index is 13.2. The molecule has 0 radical (unpaired) electrons. The van der Waals surface area contributed by atoms with Crippen molar-refractivity contribution in [3.05, 3.63) is 46.4 Å². The number of esters is 2. The van der Waals surface area contributed by atoms with Gasteiger partial charge in [0.05, 0.1) is 31.5 Å². The number of carbonyl (C=O) groups excluding carboxylic acids is 2. The molecular formula is C24H27Cl3O10S2. The lowest BCUT2D eigenvalue weighted by Gasteiger charge is -2.19. The number of sulfone groups is 2. The second kappa shape index (κ2) is 14.4. The molecule has 2 unspecified atom stereocenters. The predicted octanol–water partition coefficient (Wildman–Crippen LogP) is 4.12. The molecule has 0 aliphatic rings. The fourth-order valence-electron chi connectivity index (χ4n) is 3.14. The van der Waals surface area contributed by atoms with Gasteiger partial charge in [-0.2, -0.15) is 0 Å². The van der Waals surface area contributed by atoms with E-state index < -0.39 is 49.6 Å². The van der Waals surface area contributed by atoms with Gasteiger partial charge in [-0.3, -0.25) is 9.59 Å². The second-order valence-electron chi connectivity index (χ2n) is 8.13. The third-order valence-corrected chi connectivity index (χ3v) is 9.40. The first-order chi connectivity index (χ1) is 18.2. The first-order valence-corrected chi connectivity index (χ1v) is 16.0. The van der Waals surface area contributed by atoms with E-state index in [2.05, 4.69) is 0 Å². The number of carbonyl (C=O) groups is 2. The highest BCUT2D eigenvalue weighted by molar-refractivity contribution is 7.91. The Morgan fingerprint density at radius 2 is 1.33 bits per heavy atom. The summed E-state index contributed by atoms with van der Waals surface area (Å²) in [7, 11) is -7.56. The molecule has 15 heteroatoms.